The van der Waals surface area contributed by atoms with Crippen LogP contribution in [-0.4, -0.2) is 6.18 Å². The molecular weight excluding hydrogens is 261 g/mol. The second kappa shape index (κ2) is 4.82. The molecule has 0 nitrogen and oxygen atoms in total. The summed E-state index contributed by atoms with van der Waals surface area (Å²) in [4.78, 5) is 0. The highest BCUT2D eigenvalue weighted by Crippen LogP contribution is 2.34. The number of benzene rings is 2. The highest BCUT2D eigenvalue weighted by molar-refractivity contribution is 5.89. The third-order valence-corrected chi connectivity index (χ3v) is 3.52. The maximum Gasteiger partial charge on any atom is 0.393 e. The lowest BCUT2D eigenvalue weighted by Gasteiger charge is -2.12. The normalized spacial score (nSPS) is 14.1. The van der Waals surface area contributed by atoms with Crippen LogP contribution in [0.15, 0.2) is 48.5 Å². The van der Waals surface area contributed by atoms with Gasteiger partial charge in [-0.2, -0.15) is 13.2 Å². The van der Waals surface area contributed by atoms with Crippen LogP contribution in [0.2, 0.25) is 0 Å². The van der Waals surface area contributed by atoms with Crippen LogP contribution in [0.3, 0.4) is 0 Å². The van der Waals surface area contributed by atoms with Crippen molar-refractivity contribution in [1.82, 2.24) is 0 Å². The van der Waals surface area contributed by atoms with E-state index in [2.05, 4.69) is 0 Å². The molecular formula is C17H13F3. The molecule has 2 aromatic carbocycles. The zero-order valence-electron chi connectivity index (χ0n) is 10.7. The molecule has 0 saturated heterocycles. The fourth-order valence-electron chi connectivity index (χ4n) is 2.66. The van der Waals surface area contributed by atoms with Crippen molar-refractivity contribution >= 4 is 11.6 Å². The lowest BCUT2D eigenvalue weighted by molar-refractivity contribution is -0.127. The standard InChI is InChI=1S/C17H13F3/c18-17(19,20)11-14-7-3-4-8-16(14)15-9-12-5-1-2-6-13(12)10-15/h1-9H,10-11H2. The molecule has 1 aliphatic rings. The first-order valence-corrected chi connectivity index (χ1v) is 6.46. The summed E-state index contributed by atoms with van der Waals surface area (Å²) in [5, 5.41) is 0. The van der Waals surface area contributed by atoms with Gasteiger partial charge in [-0.15, -0.1) is 0 Å². The molecule has 0 fully saturated rings. The Balaban J connectivity index is 1.97. The van der Waals surface area contributed by atoms with E-state index >= 15 is 0 Å². The Morgan fingerprint density at radius 3 is 2.35 bits per heavy atom. The number of fused-ring (bicyclic) bond motifs is 1. The molecule has 0 N–H and O–H groups in total. The summed E-state index contributed by atoms with van der Waals surface area (Å²) in [6.45, 7) is 0. The van der Waals surface area contributed by atoms with Gasteiger partial charge in [0.15, 0.2) is 0 Å². The molecule has 0 heterocycles. The number of hydrogen-bond donors (Lipinski definition) is 0. The van der Waals surface area contributed by atoms with Crippen LogP contribution in [-0.2, 0) is 12.8 Å². The molecule has 0 bridgehead atoms. The Hall–Kier alpha value is -2.03. The lowest BCUT2D eigenvalue weighted by atomic mass is 9.96. The fourth-order valence-corrected chi connectivity index (χ4v) is 2.66. The third-order valence-electron chi connectivity index (χ3n) is 3.52. The van der Waals surface area contributed by atoms with Crippen molar-refractivity contribution in [2.45, 2.75) is 19.0 Å². The molecule has 2 aromatic rings. The SMILES string of the molecule is FC(F)(F)Cc1ccccc1C1=Cc2ccccc2C1. The molecule has 3 rings (SSSR count). The van der Waals surface area contributed by atoms with E-state index in [0.29, 0.717) is 17.5 Å². The third kappa shape index (κ3) is 2.62. The summed E-state index contributed by atoms with van der Waals surface area (Å²) in [5.41, 5.74) is 4.29. The van der Waals surface area contributed by atoms with E-state index in [1.54, 1.807) is 24.3 Å². The number of halogens is 3. The lowest BCUT2D eigenvalue weighted by Crippen LogP contribution is -2.13. The molecule has 0 spiro atoms. The summed E-state index contributed by atoms with van der Waals surface area (Å²) >= 11 is 0. The molecule has 3 heteroatoms. The van der Waals surface area contributed by atoms with E-state index in [0.717, 1.165) is 11.1 Å². The maximum absolute atomic E-state index is 12.7. The minimum absolute atomic E-state index is 0.346. The quantitative estimate of drug-likeness (QED) is 0.731. The average Bonchev–Trinajstić information content (AvgIpc) is 2.81. The van der Waals surface area contributed by atoms with Gasteiger partial charge in [0.1, 0.15) is 0 Å². The van der Waals surface area contributed by atoms with Gasteiger partial charge in [-0.3, -0.25) is 0 Å². The Morgan fingerprint density at radius 2 is 1.60 bits per heavy atom. The van der Waals surface area contributed by atoms with Gasteiger partial charge in [0.05, 0.1) is 6.42 Å². The molecule has 0 aromatic heterocycles. The van der Waals surface area contributed by atoms with Crippen LogP contribution in [0.4, 0.5) is 13.2 Å². The molecule has 0 atom stereocenters. The molecule has 1 aliphatic carbocycles. The molecule has 0 aliphatic heterocycles. The molecule has 102 valence electrons. The topological polar surface area (TPSA) is 0 Å². The van der Waals surface area contributed by atoms with Crippen molar-refractivity contribution in [3.8, 4) is 0 Å². The number of allylic oxidation sites excluding steroid dienone is 1. The second-order valence-electron chi connectivity index (χ2n) is 4.99. The van der Waals surface area contributed by atoms with E-state index in [9.17, 15) is 13.2 Å². The highest BCUT2D eigenvalue weighted by Gasteiger charge is 2.29. The van der Waals surface area contributed by atoms with Crippen LogP contribution < -0.4 is 0 Å². The van der Waals surface area contributed by atoms with Gasteiger partial charge < -0.3 is 0 Å². The smallest absolute Gasteiger partial charge is 0.171 e. The van der Waals surface area contributed by atoms with E-state index in [4.69, 9.17) is 0 Å². The first kappa shape index (κ1) is 13.0. The summed E-state index contributed by atoms with van der Waals surface area (Å²) in [5.74, 6) is 0. The van der Waals surface area contributed by atoms with Crippen LogP contribution in [0, 0.1) is 0 Å². The Kier molecular flexibility index (Phi) is 3.13. The number of hydrogen-bond acceptors (Lipinski definition) is 0. The Morgan fingerprint density at radius 1 is 0.900 bits per heavy atom. The highest BCUT2D eigenvalue weighted by atomic mass is 19.4. The molecule has 20 heavy (non-hydrogen) atoms. The Bertz CT molecular complexity index is 666. The van der Waals surface area contributed by atoms with Gasteiger partial charge in [0.2, 0.25) is 0 Å². The molecule has 0 amide bonds. The van der Waals surface area contributed by atoms with Crippen molar-refractivity contribution in [2.24, 2.45) is 0 Å². The van der Waals surface area contributed by atoms with Gasteiger partial charge in [0.25, 0.3) is 0 Å². The van der Waals surface area contributed by atoms with E-state index in [1.807, 2.05) is 30.3 Å². The summed E-state index contributed by atoms with van der Waals surface area (Å²) in [7, 11) is 0. The van der Waals surface area contributed by atoms with Gasteiger partial charge in [-0.05, 0) is 34.2 Å². The first-order valence-electron chi connectivity index (χ1n) is 6.46. The second-order valence-corrected chi connectivity index (χ2v) is 4.99. The zero-order chi connectivity index (χ0) is 14.2. The van der Waals surface area contributed by atoms with Crippen molar-refractivity contribution in [2.75, 3.05) is 0 Å². The average molecular weight is 274 g/mol. The minimum atomic E-state index is -4.18. The first-order chi connectivity index (χ1) is 9.53. The van der Waals surface area contributed by atoms with Crippen LogP contribution in [0.5, 0.6) is 0 Å². The van der Waals surface area contributed by atoms with E-state index in [1.165, 1.54) is 5.56 Å². The molecule has 0 radical (unpaired) electrons. The van der Waals surface area contributed by atoms with Crippen LogP contribution in [0.1, 0.15) is 22.3 Å². The van der Waals surface area contributed by atoms with Crippen LogP contribution >= 0.6 is 0 Å². The fraction of sp³-hybridized carbons (Fsp3) is 0.176. The van der Waals surface area contributed by atoms with Gasteiger partial charge in [-0.1, -0.05) is 54.6 Å². The largest absolute Gasteiger partial charge is 0.393 e. The monoisotopic (exact) mass is 274 g/mol. The Labute approximate surface area is 115 Å². The van der Waals surface area contributed by atoms with Crippen molar-refractivity contribution < 1.29 is 13.2 Å². The van der Waals surface area contributed by atoms with Gasteiger partial charge in [-0.25, -0.2) is 0 Å². The molecule has 0 saturated carbocycles. The summed E-state index contributed by atoms with van der Waals surface area (Å²) in [6.07, 6.45) is -2.37. The predicted molar refractivity (Wildman–Crippen MR) is 74.2 cm³/mol. The number of rotatable bonds is 2. The van der Waals surface area contributed by atoms with Gasteiger partial charge >= 0.3 is 6.18 Å². The molecule has 0 unspecified atom stereocenters. The minimum Gasteiger partial charge on any atom is -0.171 e. The predicted octanol–water partition coefficient (Wildman–Crippen LogP) is 4.89. The van der Waals surface area contributed by atoms with Gasteiger partial charge in [0, 0.05) is 0 Å². The zero-order valence-corrected chi connectivity index (χ0v) is 10.7. The summed E-state index contributed by atoms with van der Waals surface area (Å²) < 4.78 is 38.0. The maximum atomic E-state index is 12.7. The summed E-state index contributed by atoms with van der Waals surface area (Å²) in [6, 6.07) is 14.7. The van der Waals surface area contributed by atoms with Crippen molar-refractivity contribution in [3.05, 3.63) is 70.8 Å². The van der Waals surface area contributed by atoms with Crippen LogP contribution in [0.25, 0.3) is 11.6 Å². The van der Waals surface area contributed by atoms with E-state index < -0.39 is 12.6 Å². The van der Waals surface area contributed by atoms with Crippen molar-refractivity contribution in [1.29, 1.82) is 0 Å². The number of alkyl halides is 3. The van der Waals surface area contributed by atoms with E-state index in [-0.39, 0.29) is 0 Å². The van der Waals surface area contributed by atoms with Crippen molar-refractivity contribution in [3.63, 3.8) is 0 Å².